The van der Waals surface area contributed by atoms with E-state index in [1.165, 1.54) is 6.07 Å². The highest BCUT2D eigenvalue weighted by Crippen LogP contribution is 2.28. The number of likely N-dealkylation sites (N-methyl/N-ethyl adjacent to an activating group) is 1. The van der Waals surface area contributed by atoms with Gasteiger partial charge >= 0.3 is 11.9 Å². The minimum atomic E-state index is -1.08. The summed E-state index contributed by atoms with van der Waals surface area (Å²) in [4.78, 5) is 19.3. The summed E-state index contributed by atoms with van der Waals surface area (Å²) in [7, 11) is 1.85. The molecular formula is C15H20FNO5. The molecule has 1 aliphatic rings. The third-order valence-electron chi connectivity index (χ3n) is 3.10. The average Bonchev–Trinajstić information content (AvgIpc) is 2.46. The SMILES string of the molecule is CNC[C@@H]1OCCc2cccc(F)c21.O=C(O)CCC(=O)O. The fourth-order valence-electron chi connectivity index (χ4n) is 2.11. The minimum absolute atomic E-state index is 0.134. The van der Waals surface area contributed by atoms with E-state index < -0.39 is 11.9 Å². The van der Waals surface area contributed by atoms with Gasteiger partial charge in [-0.2, -0.15) is 0 Å². The first-order valence-electron chi connectivity index (χ1n) is 6.92. The number of hydrogen-bond donors (Lipinski definition) is 3. The Morgan fingerprint density at radius 1 is 1.32 bits per heavy atom. The van der Waals surface area contributed by atoms with Crippen LogP contribution in [0.1, 0.15) is 30.1 Å². The largest absolute Gasteiger partial charge is 0.481 e. The van der Waals surface area contributed by atoms with E-state index in [1.54, 1.807) is 6.07 Å². The molecule has 1 atom stereocenters. The summed E-state index contributed by atoms with van der Waals surface area (Å²) in [5, 5.41) is 18.8. The second-order valence-corrected chi connectivity index (χ2v) is 4.77. The van der Waals surface area contributed by atoms with Crippen molar-refractivity contribution in [2.24, 2.45) is 0 Å². The van der Waals surface area contributed by atoms with Crippen molar-refractivity contribution in [3.8, 4) is 0 Å². The van der Waals surface area contributed by atoms with Crippen LogP contribution in [0.5, 0.6) is 0 Å². The van der Waals surface area contributed by atoms with Crippen molar-refractivity contribution in [3.63, 3.8) is 0 Å². The van der Waals surface area contributed by atoms with Crippen LogP contribution in [0.15, 0.2) is 18.2 Å². The van der Waals surface area contributed by atoms with Crippen LogP contribution in [0.4, 0.5) is 4.39 Å². The lowest BCUT2D eigenvalue weighted by atomic mass is 9.97. The van der Waals surface area contributed by atoms with Crippen LogP contribution in [0, 0.1) is 5.82 Å². The van der Waals surface area contributed by atoms with Gasteiger partial charge in [-0.05, 0) is 25.1 Å². The summed E-state index contributed by atoms with van der Waals surface area (Å²) in [6, 6.07) is 5.23. The number of carboxylic acids is 2. The number of aliphatic carboxylic acids is 2. The molecule has 1 heterocycles. The smallest absolute Gasteiger partial charge is 0.303 e. The molecular weight excluding hydrogens is 293 g/mol. The summed E-state index contributed by atoms with van der Waals surface area (Å²) in [5.41, 5.74) is 1.81. The van der Waals surface area contributed by atoms with Gasteiger partial charge in [-0.15, -0.1) is 0 Å². The Labute approximate surface area is 127 Å². The molecule has 0 amide bonds. The Bertz CT molecular complexity index is 507. The van der Waals surface area contributed by atoms with Crippen LogP contribution in [0.25, 0.3) is 0 Å². The molecule has 0 saturated heterocycles. The van der Waals surface area contributed by atoms with Crippen LogP contribution < -0.4 is 5.32 Å². The molecule has 0 spiro atoms. The number of ether oxygens (including phenoxy) is 1. The fourth-order valence-corrected chi connectivity index (χ4v) is 2.11. The average molecular weight is 313 g/mol. The molecule has 7 heteroatoms. The molecule has 0 radical (unpaired) electrons. The highest BCUT2D eigenvalue weighted by atomic mass is 19.1. The van der Waals surface area contributed by atoms with Gasteiger partial charge in [0, 0.05) is 12.1 Å². The van der Waals surface area contributed by atoms with Crippen LogP contribution in [-0.2, 0) is 20.7 Å². The molecule has 0 unspecified atom stereocenters. The fraction of sp³-hybridized carbons (Fsp3) is 0.467. The summed E-state index contributed by atoms with van der Waals surface area (Å²) in [5.74, 6) is -2.30. The van der Waals surface area contributed by atoms with Crippen LogP contribution in [0.2, 0.25) is 0 Å². The van der Waals surface area contributed by atoms with Gasteiger partial charge in [-0.3, -0.25) is 9.59 Å². The van der Waals surface area contributed by atoms with Gasteiger partial charge < -0.3 is 20.3 Å². The third kappa shape index (κ3) is 5.79. The van der Waals surface area contributed by atoms with Crippen molar-refractivity contribution < 1.29 is 28.9 Å². The number of rotatable bonds is 5. The van der Waals surface area contributed by atoms with E-state index >= 15 is 0 Å². The highest BCUT2D eigenvalue weighted by Gasteiger charge is 2.23. The van der Waals surface area contributed by atoms with E-state index in [9.17, 15) is 14.0 Å². The molecule has 0 aliphatic carbocycles. The van der Waals surface area contributed by atoms with Crippen molar-refractivity contribution in [3.05, 3.63) is 35.1 Å². The highest BCUT2D eigenvalue weighted by molar-refractivity contribution is 5.75. The first-order valence-corrected chi connectivity index (χ1v) is 6.92. The van der Waals surface area contributed by atoms with Gasteiger partial charge in [-0.25, -0.2) is 4.39 Å². The van der Waals surface area contributed by atoms with Crippen molar-refractivity contribution in [2.45, 2.75) is 25.4 Å². The van der Waals surface area contributed by atoms with Crippen molar-refractivity contribution >= 4 is 11.9 Å². The number of halogens is 1. The van der Waals surface area contributed by atoms with Crippen LogP contribution >= 0.6 is 0 Å². The first kappa shape index (κ1) is 18.1. The second kappa shape index (κ2) is 9.11. The molecule has 1 aromatic rings. The molecule has 0 aromatic heterocycles. The zero-order valence-corrected chi connectivity index (χ0v) is 12.3. The Kier molecular flexibility index (Phi) is 7.48. The number of carboxylic acid groups (broad SMARTS) is 2. The second-order valence-electron chi connectivity index (χ2n) is 4.77. The van der Waals surface area contributed by atoms with Gasteiger partial charge in [-0.1, -0.05) is 12.1 Å². The van der Waals surface area contributed by atoms with E-state index in [4.69, 9.17) is 14.9 Å². The Balaban J connectivity index is 0.000000261. The molecule has 1 aliphatic heterocycles. The molecule has 0 bridgehead atoms. The minimum Gasteiger partial charge on any atom is -0.481 e. The summed E-state index contributed by atoms with van der Waals surface area (Å²) >= 11 is 0. The van der Waals surface area contributed by atoms with E-state index in [2.05, 4.69) is 5.32 Å². The lowest BCUT2D eigenvalue weighted by Gasteiger charge is -2.26. The number of nitrogens with one attached hydrogen (secondary N) is 1. The quantitative estimate of drug-likeness (QED) is 0.764. The maximum Gasteiger partial charge on any atom is 0.303 e. The molecule has 2 rings (SSSR count). The van der Waals surface area contributed by atoms with E-state index in [-0.39, 0.29) is 24.8 Å². The number of hydrogen-bond acceptors (Lipinski definition) is 4. The van der Waals surface area contributed by atoms with E-state index in [1.807, 2.05) is 13.1 Å². The van der Waals surface area contributed by atoms with Crippen LogP contribution in [-0.4, -0.2) is 42.4 Å². The van der Waals surface area contributed by atoms with E-state index in [0.717, 1.165) is 17.5 Å². The van der Waals surface area contributed by atoms with Crippen molar-refractivity contribution in [2.75, 3.05) is 20.2 Å². The molecule has 122 valence electrons. The Morgan fingerprint density at radius 2 is 1.95 bits per heavy atom. The predicted octanol–water partition coefficient (Wildman–Crippen LogP) is 1.59. The lowest BCUT2D eigenvalue weighted by molar-refractivity contribution is -0.143. The maximum absolute atomic E-state index is 13.5. The Morgan fingerprint density at radius 3 is 2.50 bits per heavy atom. The normalized spacial score (nSPS) is 16.2. The monoisotopic (exact) mass is 313 g/mol. The summed E-state index contributed by atoms with van der Waals surface area (Å²) in [6.07, 6.45) is 0.0859. The molecule has 1 aromatic carbocycles. The van der Waals surface area contributed by atoms with E-state index in [0.29, 0.717) is 13.2 Å². The van der Waals surface area contributed by atoms with Crippen molar-refractivity contribution in [1.29, 1.82) is 0 Å². The first-order chi connectivity index (χ1) is 10.5. The topological polar surface area (TPSA) is 95.9 Å². The molecule has 6 nitrogen and oxygen atoms in total. The van der Waals surface area contributed by atoms with Crippen molar-refractivity contribution in [1.82, 2.24) is 5.32 Å². The summed E-state index contributed by atoms with van der Waals surface area (Å²) in [6.45, 7) is 1.34. The molecule has 0 saturated carbocycles. The predicted molar refractivity (Wildman–Crippen MR) is 77.2 cm³/mol. The molecule has 3 N–H and O–H groups in total. The van der Waals surface area contributed by atoms with Gasteiger partial charge in [0.2, 0.25) is 0 Å². The van der Waals surface area contributed by atoms with Gasteiger partial charge in [0.1, 0.15) is 5.82 Å². The molecule has 0 fully saturated rings. The number of benzene rings is 1. The van der Waals surface area contributed by atoms with Gasteiger partial charge in [0.15, 0.2) is 0 Å². The zero-order valence-electron chi connectivity index (χ0n) is 12.3. The standard InChI is InChI=1S/C11H14FNO.C4H6O4/c1-13-7-10-11-8(5-6-14-10)3-2-4-9(11)12;5-3(6)1-2-4(7)8/h2-4,10,13H,5-7H2,1H3;1-2H2,(H,5,6)(H,7,8)/t10-;/m0./s1. The number of carbonyl (C=O) groups is 2. The van der Waals surface area contributed by atoms with Gasteiger partial charge in [0.25, 0.3) is 0 Å². The lowest BCUT2D eigenvalue weighted by Crippen LogP contribution is -2.26. The maximum atomic E-state index is 13.5. The van der Waals surface area contributed by atoms with Gasteiger partial charge in [0.05, 0.1) is 25.6 Å². The summed E-state index contributed by atoms with van der Waals surface area (Å²) < 4.78 is 19.1. The number of fused-ring (bicyclic) bond motifs is 1. The third-order valence-corrected chi connectivity index (χ3v) is 3.10. The zero-order chi connectivity index (χ0) is 16.5. The van der Waals surface area contributed by atoms with Crippen LogP contribution in [0.3, 0.4) is 0 Å². The Hall–Kier alpha value is -1.99. The molecule has 22 heavy (non-hydrogen) atoms.